The number of aryl methyl sites for hydroxylation is 1. The largest absolute Gasteiger partial charge is 0.444 e. The molecule has 0 radical (unpaired) electrons. The Labute approximate surface area is 130 Å². The monoisotopic (exact) mass is 309 g/mol. The van der Waals surface area contributed by atoms with Crippen LogP contribution in [-0.4, -0.2) is 35.5 Å². The third-order valence-electron chi connectivity index (χ3n) is 3.36. The summed E-state index contributed by atoms with van der Waals surface area (Å²) in [6.45, 7) is 8.16. The number of hydrogen-bond donors (Lipinski definition) is 0. The minimum absolute atomic E-state index is 0.0592. The number of halogens is 1. The van der Waals surface area contributed by atoms with Gasteiger partial charge in [0.25, 0.3) is 0 Å². The molecular formula is C16H20ClNO3. The van der Waals surface area contributed by atoms with Crippen LogP contribution in [0.5, 0.6) is 0 Å². The van der Waals surface area contributed by atoms with Crippen molar-refractivity contribution in [1.82, 2.24) is 4.90 Å². The fourth-order valence-electron chi connectivity index (χ4n) is 2.24. The van der Waals surface area contributed by atoms with Crippen LogP contribution in [0.4, 0.5) is 4.79 Å². The number of ketones is 1. The number of carbonyl (C=O) groups excluding carboxylic acids is 2. The zero-order chi connectivity index (χ0) is 15.8. The summed E-state index contributed by atoms with van der Waals surface area (Å²) >= 11 is 5.89. The fourth-order valence-corrected chi connectivity index (χ4v) is 2.47. The van der Waals surface area contributed by atoms with Gasteiger partial charge in [-0.25, -0.2) is 4.79 Å². The zero-order valence-electron chi connectivity index (χ0n) is 12.8. The first kappa shape index (κ1) is 15.8. The summed E-state index contributed by atoms with van der Waals surface area (Å²) in [6.07, 6.45) is -0.362. The number of ether oxygens (including phenoxy) is 1. The molecule has 0 saturated carbocycles. The van der Waals surface area contributed by atoms with E-state index in [9.17, 15) is 9.59 Å². The van der Waals surface area contributed by atoms with E-state index < -0.39 is 5.60 Å². The molecule has 114 valence electrons. The topological polar surface area (TPSA) is 46.6 Å². The minimum Gasteiger partial charge on any atom is -0.444 e. The van der Waals surface area contributed by atoms with Crippen LogP contribution in [0.25, 0.3) is 0 Å². The van der Waals surface area contributed by atoms with Gasteiger partial charge in [0.15, 0.2) is 5.78 Å². The molecule has 0 bridgehead atoms. The van der Waals surface area contributed by atoms with Crippen LogP contribution in [0, 0.1) is 12.8 Å². The highest BCUT2D eigenvalue weighted by Crippen LogP contribution is 2.25. The van der Waals surface area contributed by atoms with Gasteiger partial charge < -0.3 is 9.64 Å². The lowest BCUT2D eigenvalue weighted by atomic mass is 9.89. The number of hydrogen-bond acceptors (Lipinski definition) is 3. The summed E-state index contributed by atoms with van der Waals surface area (Å²) in [5.74, 6) is -0.0960. The van der Waals surface area contributed by atoms with Gasteiger partial charge in [-0.05, 0) is 51.5 Å². The second-order valence-corrected chi connectivity index (χ2v) is 6.84. The number of Topliss-reactive ketones (excluding diaryl/α,β-unsaturated/α-hetero) is 1. The number of likely N-dealkylation sites (tertiary alicyclic amines) is 1. The summed E-state index contributed by atoms with van der Waals surface area (Å²) in [7, 11) is 0. The molecule has 0 spiro atoms. The number of amides is 1. The smallest absolute Gasteiger partial charge is 0.410 e. The fraction of sp³-hybridized carbons (Fsp3) is 0.500. The Hall–Kier alpha value is -1.55. The van der Waals surface area contributed by atoms with Gasteiger partial charge in [0.2, 0.25) is 0 Å². The van der Waals surface area contributed by atoms with Crippen molar-refractivity contribution in [2.24, 2.45) is 5.92 Å². The molecule has 0 atom stereocenters. The molecule has 1 aliphatic rings. The van der Waals surface area contributed by atoms with E-state index in [0.717, 1.165) is 5.56 Å². The summed E-state index contributed by atoms with van der Waals surface area (Å²) in [5, 5.41) is 0.619. The summed E-state index contributed by atoms with van der Waals surface area (Å²) in [5.41, 5.74) is 1.02. The van der Waals surface area contributed by atoms with E-state index in [2.05, 4.69) is 0 Å². The van der Waals surface area contributed by atoms with Crippen LogP contribution in [-0.2, 0) is 4.74 Å². The Morgan fingerprint density at radius 3 is 2.43 bits per heavy atom. The minimum atomic E-state index is -0.515. The highest BCUT2D eigenvalue weighted by molar-refractivity contribution is 6.30. The van der Waals surface area contributed by atoms with E-state index in [0.29, 0.717) is 23.7 Å². The predicted molar refractivity (Wildman–Crippen MR) is 81.8 cm³/mol. The van der Waals surface area contributed by atoms with Crippen molar-refractivity contribution in [2.45, 2.75) is 33.3 Å². The molecule has 1 aliphatic heterocycles. The highest BCUT2D eigenvalue weighted by Gasteiger charge is 2.38. The lowest BCUT2D eigenvalue weighted by molar-refractivity contribution is 0.00148. The van der Waals surface area contributed by atoms with Crippen LogP contribution in [0.1, 0.15) is 36.7 Å². The maximum Gasteiger partial charge on any atom is 0.410 e. The molecule has 2 rings (SSSR count). The normalized spacial score (nSPS) is 15.6. The number of nitrogens with zero attached hydrogens (tertiary/aromatic N) is 1. The maximum atomic E-state index is 12.4. The Morgan fingerprint density at radius 2 is 1.90 bits per heavy atom. The summed E-state index contributed by atoms with van der Waals surface area (Å²) in [6, 6.07) is 5.24. The Kier molecular flexibility index (Phi) is 4.28. The van der Waals surface area contributed by atoms with Gasteiger partial charge in [0, 0.05) is 23.7 Å². The highest BCUT2D eigenvalue weighted by atomic mass is 35.5. The van der Waals surface area contributed by atoms with E-state index in [1.165, 1.54) is 0 Å². The van der Waals surface area contributed by atoms with Crippen molar-refractivity contribution in [3.63, 3.8) is 0 Å². The van der Waals surface area contributed by atoms with Crippen molar-refractivity contribution in [3.8, 4) is 0 Å². The van der Waals surface area contributed by atoms with Crippen molar-refractivity contribution in [1.29, 1.82) is 0 Å². The van der Waals surface area contributed by atoms with Gasteiger partial charge >= 0.3 is 6.09 Å². The van der Waals surface area contributed by atoms with E-state index in [1.54, 1.807) is 23.1 Å². The Bertz CT molecular complexity index is 571. The van der Waals surface area contributed by atoms with Gasteiger partial charge in [-0.15, -0.1) is 0 Å². The second kappa shape index (κ2) is 5.68. The van der Waals surface area contributed by atoms with Crippen LogP contribution < -0.4 is 0 Å². The molecule has 1 saturated heterocycles. The van der Waals surface area contributed by atoms with Crippen molar-refractivity contribution in [3.05, 3.63) is 34.3 Å². The van der Waals surface area contributed by atoms with Crippen LogP contribution >= 0.6 is 11.6 Å². The maximum absolute atomic E-state index is 12.4. The predicted octanol–water partition coefficient (Wildman–Crippen LogP) is 3.70. The molecule has 0 N–H and O–H groups in total. The molecule has 1 aromatic carbocycles. The van der Waals surface area contributed by atoms with Crippen LogP contribution in [0.15, 0.2) is 18.2 Å². The van der Waals surface area contributed by atoms with Gasteiger partial charge in [0.05, 0.1) is 5.92 Å². The molecule has 1 heterocycles. The first-order valence-corrected chi connectivity index (χ1v) is 7.33. The standard InChI is InChI=1S/C16H20ClNO3/c1-10-7-12(17)5-6-13(10)14(19)11-8-18(9-11)15(20)21-16(2,3)4/h5-7,11H,8-9H2,1-4H3. The lowest BCUT2D eigenvalue weighted by Crippen LogP contribution is -2.54. The average molecular weight is 310 g/mol. The Balaban J connectivity index is 1.95. The quantitative estimate of drug-likeness (QED) is 0.783. The lowest BCUT2D eigenvalue weighted by Gasteiger charge is -2.39. The Morgan fingerprint density at radius 1 is 1.29 bits per heavy atom. The third kappa shape index (κ3) is 3.76. The third-order valence-corrected chi connectivity index (χ3v) is 3.59. The molecule has 1 aromatic rings. The summed E-state index contributed by atoms with van der Waals surface area (Å²) in [4.78, 5) is 25.8. The second-order valence-electron chi connectivity index (χ2n) is 6.41. The average Bonchev–Trinajstić information content (AvgIpc) is 2.23. The molecule has 0 unspecified atom stereocenters. The number of carbonyl (C=O) groups is 2. The molecular weight excluding hydrogens is 290 g/mol. The SMILES string of the molecule is Cc1cc(Cl)ccc1C(=O)C1CN(C(=O)OC(C)(C)C)C1. The molecule has 1 fully saturated rings. The molecule has 5 heteroatoms. The molecule has 4 nitrogen and oxygen atoms in total. The van der Waals surface area contributed by atoms with Gasteiger partial charge in [-0.2, -0.15) is 0 Å². The number of benzene rings is 1. The molecule has 0 aromatic heterocycles. The van der Waals surface area contributed by atoms with Crippen LogP contribution in [0.3, 0.4) is 0 Å². The first-order valence-electron chi connectivity index (χ1n) is 6.95. The van der Waals surface area contributed by atoms with Gasteiger partial charge in [-0.1, -0.05) is 11.6 Å². The molecule has 1 amide bonds. The van der Waals surface area contributed by atoms with Gasteiger partial charge in [0.1, 0.15) is 5.60 Å². The zero-order valence-corrected chi connectivity index (χ0v) is 13.5. The van der Waals surface area contributed by atoms with Crippen molar-refractivity contribution >= 4 is 23.5 Å². The summed E-state index contributed by atoms with van der Waals surface area (Å²) < 4.78 is 5.27. The molecule has 0 aliphatic carbocycles. The van der Waals surface area contributed by atoms with E-state index in [4.69, 9.17) is 16.3 Å². The van der Waals surface area contributed by atoms with Gasteiger partial charge in [-0.3, -0.25) is 4.79 Å². The van der Waals surface area contributed by atoms with Crippen molar-refractivity contribution < 1.29 is 14.3 Å². The van der Waals surface area contributed by atoms with Crippen LogP contribution in [0.2, 0.25) is 5.02 Å². The van der Waals surface area contributed by atoms with E-state index >= 15 is 0 Å². The number of rotatable bonds is 2. The van der Waals surface area contributed by atoms with E-state index in [1.807, 2.05) is 27.7 Å². The van der Waals surface area contributed by atoms with E-state index in [-0.39, 0.29) is 17.8 Å². The first-order chi connectivity index (χ1) is 9.67. The van der Waals surface area contributed by atoms with Crippen molar-refractivity contribution in [2.75, 3.05) is 13.1 Å². The molecule has 21 heavy (non-hydrogen) atoms.